The summed E-state index contributed by atoms with van der Waals surface area (Å²) in [6, 6.07) is 20.8. The lowest BCUT2D eigenvalue weighted by Crippen LogP contribution is -2.48. The summed E-state index contributed by atoms with van der Waals surface area (Å²) in [4.78, 5) is 31.9. The van der Waals surface area contributed by atoms with Gasteiger partial charge in [-0.1, -0.05) is 55.3 Å². The lowest BCUT2D eigenvalue weighted by atomic mass is 9.78. The van der Waals surface area contributed by atoms with Gasteiger partial charge in [0.25, 0.3) is 5.91 Å². The average Bonchev–Trinajstić information content (AvgIpc) is 3.21. The van der Waals surface area contributed by atoms with E-state index in [1.165, 1.54) is 12.1 Å². The van der Waals surface area contributed by atoms with Crippen LogP contribution in [0.3, 0.4) is 0 Å². The Hall–Kier alpha value is -3.67. The van der Waals surface area contributed by atoms with Crippen LogP contribution in [-0.2, 0) is 11.3 Å². The molecular weight excluding hydrogens is 455 g/mol. The van der Waals surface area contributed by atoms with E-state index in [1.807, 2.05) is 53.4 Å². The molecule has 186 valence electrons. The van der Waals surface area contributed by atoms with Gasteiger partial charge in [0, 0.05) is 25.2 Å². The average molecular weight is 487 g/mol. The van der Waals surface area contributed by atoms with Crippen molar-refractivity contribution in [1.82, 2.24) is 9.80 Å². The van der Waals surface area contributed by atoms with Crippen molar-refractivity contribution in [2.45, 2.75) is 44.2 Å². The molecule has 5 nitrogen and oxygen atoms in total. The largest absolute Gasteiger partial charge is 0.497 e. The van der Waals surface area contributed by atoms with Crippen LogP contribution in [0.1, 0.15) is 64.7 Å². The molecule has 3 aromatic rings. The summed E-state index contributed by atoms with van der Waals surface area (Å²) >= 11 is 0. The fourth-order valence-corrected chi connectivity index (χ4v) is 5.48. The van der Waals surface area contributed by atoms with E-state index in [-0.39, 0.29) is 24.2 Å². The highest BCUT2D eigenvalue weighted by atomic mass is 19.1. The Morgan fingerprint density at radius 1 is 0.917 bits per heavy atom. The van der Waals surface area contributed by atoms with E-state index >= 15 is 0 Å². The molecule has 2 heterocycles. The molecule has 0 N–H and O–H groups in total. The number of nitrogens with zero attached hydrogens (tertiary/aromatic N) is 2. The van der Waals surface area contributed by atoms with Crippen LogP contribution in [0.15, 0.2) is 72.8 Å². The minimum Gasteiger partial charge on any atom is -0.497 e. The van der Waals surface area contributed by atoms with Gasteiger partial charge in [-0.15, -0.1) is 0 Å². The maximum absolute atomic E-state index is 14.2. The molecule has 6 heteroatoms. The molecule has 1 saturated heterocycles. The first-order valence-corrected chi connectivity index (χ1v) is 12.6. The molecule has 1 fully saturated rings. The van der Waals surface area contributed by atoms with E-state index in [4.69, 9.17) is 4.74 Å². The van der Waals surface area contributed by atoms with Crippen LogP contribution in [-0.4, -0.2) is 41.8 Å². The van der Waals surface area contributed by atoms with E-state index in [9.17, 15) is 14.0 Å². The smallest absolute Gasteiger partial charge is 0.255 e. The van der Waals surface area contributed by atoms with Crippen molar-refractivity contribution in [3.63, 3.8) is 0 Å². The number of carbonyl (C=O) groups excluding carboxylic acids is 2. The number of likely N-dealkylation sites (tertiary alicyclic amines) is 1. The third kappa shape index (κ3) is 4.72. The van der Waals surface area contributed by atoms with Crippen LogP contribution in [0.25, 0.3) is 0 Å². The number of methoxy groups -OCH3 is 1. The van der Waals surface area contributed by atoms with E-state index in [0.717, 1.165) is 55.5 Å². The normalized spacial score (nSPS) is 20.0. The quantitative estimate of drug-likeness (QED) is 0.464. The first-order chi connectivity index (χ1) is 17.6. The molecular formula is C30H31FN2O3. The van der Waals surface area contributed by atoms with Crippen LogP contribution in [0.5, 0.6) is 5.75 Å². The lowest BCUT2D eigenvalue weighted by molar-refractivity contribution is -0.134. The van der Waals surface area contributed by atoms with Crippen molar-refractivity contribution >= 4 is 11.8 Å². The number of ether oxygens (including phenoxy) is 1. The fourth-order valence-electron chi connectivity index (χ4n) is 5.48. The van der Waals surface area contributed by atoms with Gasteiger partial charge in [-0.2, -0.15) is 0 Å². The number of amides is 2. The van der Waals surface area contributed by atoms with Crippen molar-refractivity contribution in [2.75, 3.05) is 20.2 Å². The summed E-state index contributed by atoms with van der Waals surface area (Å²) < 4.78 is 19.0. The SMILES string of the molecule is COc1ccc([C@@H]2[C@H](C(=O)N3CCCCCC3)c3ccccc3C(=O)N2Cc2ccc(F)cc2)cc1. The maximum Gasteiger partial charge on any atom is 0.255 e. The summed E-state index contributed by atoms with van der Waals surface area (Å²) in [5.41, 5.74) is 3.00. The molecule has 0 spiro atoms. The molecule has 2 amide bonds. The zero-order valence-corrected chi connectivity index (χ0v) is 20.5. The van der Waals surface area contributed by atoms with E-state index in [1.54, 1.807) is 24.1 Å². The topological polar surface area (TPSA) is 49.9 Å². The Bertz CT molecular complexity index is 1220. The second kappa shape index (κ2) is 10.5. The van der Waals surface area contributed by atoms with E-state index in [0.29, 0.717) is 11.3 Å². The lowest BCUT2D eigenvalue weighted by Gasteiger charge is -2.43. The Morgan fingerprint density at radius 3 is 2.25 bits per heavy atom. The first kappa shape index (κ1) is 24.0. The Kier molecular flexibility index (Phi) is 7.03. The third-order valence-corrected chi connectivity index (χ3v) is 7.35. The second-order valence-corrected chi connectivity index (χ2v) is 9.58. The summed E-state index contributed by atoms with van der Waals surface area (Å²) in [6.45, 7) is 1.74. The molecule has 3 aromatic carbocycles. The molecule has 0 aliphatic carbocycles. The molecule has 2 aliphatic heterocycles. The standard InChI is InChI=1S/C30H31FN2O3/c1-36-24-16-12-22(13-17-24)28-27(30(35)32-18-6-2-3-7-19-32)25-8-4-5-9-26(25)29(34)33(28)20-21-10-14-23(31)15-11-21/h4-5,8-17,27-28H,2-3,6-7,18-20H2,1H3/t27-,28-/m1/s1. The third-order valence-electron chi connectivity index (χ3n) is 7.35. The van der Waals surface area contributed by atoms with Crippen molar-refractivity contribution < 1.29 is 18.7 Å². The van der Waals surface area contributed by atoms with Gasteiger partial charge in [-0.3, -0.25) is 9.59 Å². The van der Waals surface area contributed by atoms with E-state index < -0.39 is 12.0 Å². The Morgan fingerprint density at radius 2 is 1.58 bits per heavy atom. The highest BCUT2D eigenvalue weighted by Gasteiger charge is 2.45. The highest BCUT2D eigenvalue weighted by molar-refractivity contribution is 6.01. The Labute approximate surface area is 211 Å². The molecule has 36 heavy (non-hydrogen) atoms. The summed E-state index contributed by atoms with van der Waals surface area (Å²) in [5.74, 6) is -0.222. The van der Waals surface area contributed by atoms with Crippen LogP contribution in [0.2, 0.25) is 0 Å². The molecule has 2 aliphatic rings. The Balaban J connectivity index is 1.63. The maximum atomic E-state index is 14.2. The second-order valence-electron chi connectivity index (χ2n) is 9.58. The van der Waals surface area contributed by atoms with Gasteiger partial charge >= 0.3 is 0 Å². The summed E-state index contributed by atoms with van der Waals surface area (Å²) in [6.07, 6.45) is 4.24. The monoisotopic (exact) mass is 486 g/mol. The minimum atomic E-state index is -0.536. The molecule has 0 unspecified atom stereocenters. The number of benzene rings is 3. The minimum absolute atomic E-state index is 0.0572. The number of hydrogen-bond donors (Lipinski definition) is 0. The van der Waals surface area contributed by atoms with Crippen molar-refractivity contribution in [3.8, 4) is 5.75 Å². The zero-order chi connectivity index (χ0) is 25.1. The van der Waals surface area contributed by atoms with Crippen molar-refractivity contribution in [1.29, 1.82) is 0 Å². The van der Waals surface area contributed by atoms with Gasteiger partial charge in [-0.25, -0.2) is 4.39 Å². The van der Waals surface area contributed by atoms with Gasteiger partial charge in [0.1, 0.15) is 11.6 Å². The molecule has 0 bridgehead atoms. The summed E-state index contributed by atoms with van der Waals surface area (Å²) in [7, 11) is 1.61. The molecule has 0 radical (unpaired) electrons. The first-order valence-electron chi connectivity index (χ1n) is 12.6. The van der Waals surface area contributed by atoms with E-state index in [2.05, 4.69) is 0 Å². The number of rotatable bonds is 5. The van der Waals surface area contributed by atoms with Gasteiger partial charge in [0.05, 0.1) is 19.1 Å². The van der Waals surface area contributed by atoms with Gasteiger partial charge < -0.3 is 14.5 Å². The van der Waals surface area contributed by atoms with Crippen molar-refractivity contribution in [2.24, 2.45) is 0 Å². The van der Waals surface area contributed by atoms with Crippen LogP contribution in [0, 0.1) is 5.82 Å². The van der Waals surface area contributed by atoms with Gasteiger partial charge in [0.15, 0.2) is 0 Å². The number of hydrogen-bond acceptors (Lipinski definition) is 3. The highest BCUT2D eigenvalue weighted by Crippen LogP contribution is 2.45. The number of fused-ring (bicyclic) bond motifs is 1. The molecule has 2 atom stereocenters. The van der Waals surface area contributed by atoms with Gasteiger partial charge in [-0.05, 0) is 59.9 Å². The predicted molar refractivity (Wildman–Crippen MR) is 136 cm³/mol. The number of carbonyl (C=O) groups is 2. The predicted octanol–water partition coefficient (Wildman–Crippen LogP) is 5.72. The zero-order valence-electron chi connectivity index (χ0n) is 20.5. The fraction of sp³-hybridized carbons (Fsp3) is 0.333. The summed E-state index contributed by atoms with van der Waals surface area (Å²) in [5, 5.41) is 0. The molecule has 0 saturated carbocycles. The van der Waals surface area contributed by atoms with Crippen molar-refractivity contribution in [3.05, 3.63) is 101 Å². The van der Waals surface area contributed by atoms with Crippen LogP contribution in [0.4, 0.5) is 4.39 Å². The molecule has 0 aromatic heterocycles. The van der Waals surface area contributed by atoms with Gasteiger partial charge in [0.2, 0.25) is 5.91 Å². The van der Waals surface area contributed by atoms with Crippen LogP contribution < -0.4 is 4.74 Å². The van der Waals surface area contributed by atoms with Crippen LogP contribution >= 0.6 is 0 Å². The number of halogens is 1. The molecule has 5 rings (SSSR count).